The zero-order chi connectivity index (χ0) is 18.3. The topological polar surface area (TPSA) is 88.4 Å². The van der Waals surface area contributed by atoms with Gasteiger partial charge in [0.05, 0.1) is 11.3 Å². The third kappa shape index (κ3) is 5.36. The SMILES string of the molecule is CCO[C@@](C)(CC(C)C)C(=O)Nc1ccc(OC(C)=O)cc1C#N. The summed E-state index contributed by atoms with van der Waals surface area (Å²) in [6, 6.07) is 6.47. The molecule has 1 atom stereocenters. The average molecular weight is 332 g/mol. The van der Waals surface area contributed by atoms with Gasteiger partial charge in [0.25, 0.3) is 5.91 Å². The summed E-state index contributed by atoms with van der Waals surface area (Å²) in [6.45, 7) is 9.29. The molecule has 1 aromatic carbocycles. The zero-order valence-corrected chi connectivity index (χ0v) is 14.8. The maximum Gasteiger partial charge on any atom is 0.308 e. The van der Waals surface area contributed by atoms with Gasteiger partial charge in [0.2, 0.25) is 0 Å². The van der Waals surface area contributed by atoms with Crippen LogP contribution >= 0.6 is 0 Å². The van der Waals surface area contributed by atoms with Gasteiger partial charge in [0, 0.05) is 19.6 Å². The standard InChI is InChI=1S/C18H24N2O4/c1-6-23-18(5,10-12(2)3)17(22)20-16-8-7-15(24-13(4)21)9-14(16)11-19/h7-9,12H,6,10H2,1-5H3,(H,20,22)/t18-/m0/s1. The lowest BCUT2D eigenvalue weighted by Crippen LogP contribution is -2.44. The van der Waals surface area contributed by atoms with E-state index in [1.54, 1.807) is 6.92 Å². The van der Waals surface area contributed by atoms with Crippen molar-refractivity contribution in [2.45, 2.75) is 46.6 Å². The van der Waals surface area contributed by atoms with Crippen LogP contribution in [0.3, 0.4) is 0 Å². The lowest BCUT2D eigenvalue weighted by molar-refractivity contribution is -0.140. The molecule has 6 nitrogen and oxygen atoms in total. The van der Waals surface area contributed by atoms with Crippen LogP contribution in [-0.4, -0.2) is 24.1 Å². The van der Waals surface area contributed by atoms with Gasteiger partial charge >= 0.3 is 5.97 Å². The van der Waals surface area contributed by atoms with Crippen molar-refractivity contribution in [3.05, 3.63) is 23.8 Å². The molecule has 130 valence electrons. The molecule has 6 heteroatoms. The van der Waals surface area contributed by atoms with Gasteiger partial charge in [-0.2, -0.15) is 5.26 Å². The minimum atomic E-state index is -0.982. The van der Waals surface area contributed by atoms with Crippen LogP contribution in [-0.2, 0) is 14.3 Å². The summed E-state index contributed by atoms with van der Waals surface area (Å²) in [5.74, 6) is -0.257. The lowest BCUT2D eigenvalue weighted by atomic mass is 9.93. The van der Waals surface area contributed by atoms with Crippen molar-refractivity contribution in [1.82, 2.24) is 0 Å². The number of nitrogens with one attached hydrogen (secondary N) is 1. The smallest absolute Gasteiger partial charge is 0.308 e. The Morgan fingerprint density at radius 3 is 2.54 bits per heavy atom. The molecule has 0 spiro atoms. The van der Waals surface area contributed by atoms with Gasteiger partial charge in [-0.15, -0.1) is 0 Å². The number of hydrogen-bond donors (Lipinski definition) is 1. The number of benzene rings is 1. The van der Waals surface area contributed by atoms with Crippen molar-refractivity contribution in [1.29, 1.82) is 5.26 Å². The first-order valence-electron chi connectivity index (χ1n) is 7.89. The molecule has 1 aromatic rings. The van der Waals surface area contributed by atoms with Crippen molar-refractivity contribution in [3.63, 3.8) is 0 Å². The fourth-order valence-electron chi connectivity index (χ4n) is 2.52. The molecule has 0 heterocycles. The summed E-state index contributed by atoms with van der Waals surface area (Å²) in [6.07, 6.45) is 0.556. The van der Waals surface area contributed by atoms with E-state index < -0.39 is 11.6 Å². The summed E-state index contributed by atoms with van der Waals surface area (Å²) in [4.78, 5) is 23.6. The van der Waals surface area contributed by atoms with Gasteiger partial charge in [-0.1, -0.05) is 13.8 Å². The normalized spacial score (nSPS) is 13.0. The third-order valence-corrected chi connectivity index (χ3v) is 3.36. The lowest BCUT2D eigenvalue weighted by Gasteiger charge is -2.30. The summed E-state index contributed by atoms with van der Waals surface area (Å²) in [5, 5.41) is 12.0. The first-order chi connectivity index (χ1) is 11.2. The van der Waals surface area contributed by atoms with E-state index in [0.29, 0.717) is 18.7 Å². The minimum Gasteiger partial charge on any atom is -0.427 e. The molecule has 0 aromatic heterocycles. The highest BCUT2D eigenvalue weighted by molar-refractivity contribution is 5.98. The molecule has 1 amide bonds. The number of amides is 1. The summed E-state index contributed by atoms with van der Waals surface area (Å²) >= 11 is 0. The Kier molecular flexibility index (Phi) is 6.93. The third-order valence-electron chi connectivity index (χ3n) is 3.36. The number of nitrogens with zero attached hydrogens (tertiary/aromatic N) is 1. The van der Waals surface area contributed by atoms with Crippen LogP contribution in [0.1, 0.15) is 46.6 Å². The number of nitriles is 1. The van der Waals surface area contributed by atoms with Crippen LogP contribution in [0.2, 0.25) is 0 Å². The highest BCUT2D eigenvalue weighted by Gasteiger charge is 2.35. The predicted molar refractivity (Wildman–Crippen MR) is 90.6 cm³/mol. The van der Waals surface area contributed by atoms with E-state index in [4.69, 9.17) is 9.47 Å². The second-order valence-electron chi connectivity index (χ2n) is 6.13. The molecule has 0 fully saturated rings. The van der Waals surface area contributed by atoms with Gasteiger partial charge in [-0.3, -0.25) is 9.59 Å². The molecule has 0 aliphatic rings. The summed E-state index contributed by atoms with van der Waals surface area (Å²) < 4.78 is 10.6. The highest BCUT2D eigenvalue weighted by Crippen LogP contribution is 2.26. The Balaban J connectivity index is 3.03. The van der Waals surface area contributed by atoms with Crippen LogP contribution in [0.5, 0.6) is 5.75 Å². The molecule has 0 aliphatic heterocycles. The van der Waals surface area contributed by atoms with Gasteiger partial charge in [-0.25, -0.2) is 0 Å². The van der Waals surface area contributed by atoms with Gasteiger partial charge in [0.1, 0.15) is 17.4 Å². The fraction of sp³-hybridized carbons (Fsp3) is 0.500. The summed E-state index contributed by atoms with van der Waals surface area (Å²) in [7, 11) is 0. The first-order valence-corrected chi connectivity index (χ1v) is 7.89. The number of anilines is 1. The Bertz CT molecular complexity index is 649. The van der Waals surface area contributed by atoms with Crippen molar-refractivity contribution in [2.75, 3.05) is 11.9 Å². The predicted octanol–water partition coefficient (Wildman–Crippen LogP) is 3.26. The van der Waals surface area contributed by atoms with E-state index in [1.807, 2.05) is 26.8 Å². The minimum absolute atomic E-state index is 0.213. The Labute approximate surface area is 142 Å². The number of esters is 1. The maximum absolute atomic E-state index is 12.7. The average Bonchev–Trinajstić information content (AvgIpc) is 2.47. The Morgan fingerprint density at radius 1 is 1.38 bits per heavy atom. The molecular formula is C18H24N2O4. The molecular weight excluding hydrogens is 308 g/mol. The van der Waals surface area contributed by atoms with Crippen LogP contribution in [0, 0.1) is 17.2 Å². The maximum atomic E-state index is 12.7. The second-order valence-corrected chi connectivity index (χ2v) is 6.13. The number of rotatable bonds is 7. The molecule has 0 unspecified atom stereocenters. The molecule has 0 radical (unpaired) electrons. The van der Waals surface area contributed by atoms with Crippen LogP contribution in [0.25, 0.3) is 0 Å². The number of carbonyl (C=O) groups is 2. The van der Waals surface area contributed by atoms with Gasteiger partial charge in [0.15, 0.2) is 0 Å². The van der Waals surface area contributed by atoms with Gasteiger partial charge < -0.3 is 14.8 Å². The van der Waals surface area contributed by atoms with Crippen LogP contribution in [0.4, 0.5) is 5.69 Å². The molecule has 0 aliphatic carbocycles. The van der Waals surface area contributed by atoms with Crippen LogP contribution in [0.15, 0.2) is 18.2 Å². The monoisotopic (exact) mass is 332 g/mol. The van der Waals surface area contributed by atoms with Crippen molar-refractivity contribution in [3.8, 4) is 11.8 Å². The van der Waals surface area contributed by atoms with Crippen molar-refractivity contribution < 1.29 is 19.1 Å². The second kappa shape index (κ2) is 8.46. The first kappa shape index (κ1) is 19.7. The van der Waals surface area contributed by atoms with E-state index in [2.05, 4.69) is 5.32 Å². The van der Waals surface area contributed by atoms with E-state index in [-0.39, 0.29) is 23.1 Å². The molecule has 0 bridgehead atoms. The number of ether oxygens (including phenoxy) is 2. The Morgan fingerprint density at radius 2 is 2.04 bits per heavy atom. The summed E-state index contributed by atoms with van der Waals surface area (Å²) in [5.41, 5.74) is -0.414. The molecule has 1 N–H and O–H groups in total. The van der Waals surface area contributed by atoms with E-state index in [0.717, 1.165) is 0 Å². The van der Waals surface area contributed by atoms with E-state index in [9.17, 15) is 14.9 Å². The van der Waals surface area contributed by atoms with Crippen LogP contribution < -0.4 is 10.1 Å². The number of carbonyl (C=O) groups excluding carboxylic acids is 2. The van der Waals surface area contributed by atoms with E-state index in [1.165, 1.54) is 25.1 Å². The molecule has 0 saturated heterocycles. The van der Waals surface area contributed by atoms with Crippen molar-refractivity contribution >= 4 is 17.6 Å². The highest BCUT2D eigenvalue weighted by atomic mass is 16.5. The van der Waals surface area contributed by atoms with E-state index >= 15 is 0 Å². The van der Waals surface area contributed by atoms with Crippen molar-refractivity contribution in [2.24, 2.45) is 5.92 Å². The number of hydrogen-bond acceptors (Lipinski definition) is 5. The molecule has 24 heavy (non-hydrogen) atoms. The van der Waals surface area contributed by atoms with Gasteiger partial charge in [-0.05, 0) is 38.3 Å². The quantitative estimate of drug-likeness (QED) is 0.611. The Hall–Kier alpha value is -2.39. The fourth-order valence-corrected chi connectivity index (χ4v) is 2.52. The molecule has 0 saturated carbocycles. The molecule has 1 rings (SSSR count). The largest absolute Gasteiger partial charge is 0.427 e. The zero-order valence-electron chi connectivity index (χ0n) is 14.8.